The molecular formula is C27H29N. The van der Waals surface area contributed by atoms with E-state index in [4.69, 9.17) is 4.98 Å². The second-order valence-corrected chi connectivity index (χ2v) is 9.41. The number of hydrogen-bond acceptors (Lipinski definition) is 1. The Kier molecular flexibility index (Phi) is 4.03. The molecule has 2 fully saturated rings. The van der Waals surface area contributed by atoms with Gasteiger partial charge < -0.3 is 0 Å². The van der Waals surface area contributed by atoms with Crippen LogP contribution in [0.2, 0.25) is 0 Å². The Balaban J connectivity index is 1.39. The Morgan fingerprint density at radius 2 is 1.36 bits per heavy atom. The van der Waals surface area contributed by atoms with Gasteiger partial charge in [-0.2, -0.15) is 0 Å². The molecule has 0 unspecified atom stereocenters. The molecule has 1 heteroatoms. The molecule has 1 nitrogen and oxygen atoms in total. The molecule has 0 saturated heterocycles. The smallest absolute Gasteiger partial charge is 0.0708 e. The zero-order valence-electron chi connectivity index (χ0n) is 16.7. The summed E-state index contributed by atoms with van der Waals surface area (Å²) < 4.78 is 0. The molecule has 7 rings (SSSR count). The molecular weight excluding hydrogens is 338 g/mol. The summed E-state index contributed by atoms with van der Waals surface area (Å²) in [5, 5.41) is 2.69. The molecule has 0 spiro atoms. The van der Waals surface area contributed by atoms with Gasteiger partial charge in [0.05, 0.1) is 5.69 Å². The predicted octanol–water partition coefficient (Wildman–Crippen LogP) is 7.70. The van der Waals surface area contributed by atoms with Gasteiger partial charge in [0.1, 0.15) is 0 Å². The summed E-state index contributed by atoms with van der Waals surface area (Å²) in [5.74, 6) is 2.35. The minimum absolute atomic E-state index is 0.747. The number of pyridine rings is 1. The first-order chi connectivity index (χ1) is 13.8. The summed E-state index contributed by atoms with van der Waals surface area (Å²) >= 11 is 0. The molecule has 2 bridgehead atoms. The van der Waals surface area contributed by atoms with Crippen LogP contribution >= 0.6 is 0 Å². The van der Waals surface area contributed by atoms with Gasteiger partial charge in [0, 0.05) is 17.1 Å². The molecule has 0 radical (unpaired) electrons. The second-order valence-electron chi connectivity index (χ2n) is 9.41. The third kappa shape index (κ3) is 2.79. The van der Waals surface area contributed by atoms with Crippen molar-refractivity contribution < 1.29 is 0 Å². The summed E-state index contributed by atoms with van der Waals surface area (Å²) in [6.45, 7) is 0. The third-order valence-electron chi connectivity index (χ3n) is 7.79. The third-order valence-corrected chi connectivity index (χ3v) is 7.79. The summed E-state index contributed by atoms with van der Waals surface area (Å²) in [5.41, 5.74) is 7.20. The Labute approximate surface area is 168 Å². The Morgan fingerprint density at radius 3 is 2.11 bits per heavy atom. The fourth-order valence-electron chi connectivity index (χ4n) is 6.20. The molecule has 2 saturated carbocycles. The minimum Gasteiger partial charge on any atom is -0.256 e. The lowest BCUT2D eigenvalue weighted by molar-refractivity contribution is 0.359. The first-order valence-electron chi connectivity index (χ1n) is 11.4. The molecule has 0 aliphatic heterocycles. The summed E-state index contributed by atoms with van der Waals surface area (Å²) in [6, 6.07) is 16.5. The molecule has 0 atom stereocenters. The molecule has 0 amide bonds. The fraction of sp³-hybridized carbons (Fsp3) is 0.444. The maximum absolute atomic E-state index is 4.87. The van der Waals surface area contributed by atoms with Gasteiger partial charge in [-0.3, -0.25) is 4.98 Å². The zero-order valence-corrected chi connectivity index (χ0v) is 16.7. The van der Waals surface area contributed by atoms with Crippen LogP contribution in [-0.4, -0.2) is 4.98 Å². The van der Waals surface area contributed by atoms with Crippen molar-refractivity contribution in [2.45, 2.75) is 75.5 Å². The average molecular weight is 368 g/mol. The van der Waals surface area contributed by atoms with Crippen LogP contribution in [0, 0.1) is 0 Å². The van der Waals surface area contributed by atoms with Crippen molar-refractivity contribution in [3.8, 4) is 11.3 Å². The lowest BCUT2D eigenvalue weighted by Crippen LogP contribution is -2.21. The van der Waals surface area contributed by atoms with Crippen LogP contribution in [0.4, 0.5) is 0 Å². The van der Waals surface area contributed by atoms with Crippen LogP contribution in [0.1, 0.15) is 92.2 Å². The largest absolute Gasteiger partial charge is 0.256 e. The van der Waals surface area contributed by atoms with E-state index in [1.807, 2.05) is 0 Å². The van der Waals surface area contributed by atoms with Crippen molar-refractivity contribution in [1.29, 1.82) is 0 Å². The number of fused-ring (bicyclic) bond motifs is 3. The van der Waals surface area contributed by atoms with Crippen molar-refractivity contribution in [2.24, 2.45) is 0 Å². The average Bonchev–Trinajstić information content (AvgIpc) is 2.79. The van der Waals surface area contributed by atoms with Crippen molar-refractivity contribution in [2.75, 3.05) is 0 Å². The predicted molar refractivity (Wildman–Crippen MR) is 117 cm³/mol. The van der Waals surface area contributed by atoms with Crippen molar-refractivity contribution >= 4 is 10.8 Å². The number of rotatable bonds is 2. The molecule has 0 N–H and O–H groups in total. The van der Waals surface area contributed by atoms with Gasteiger partial charge in [-0.25, -0.2) is 0 Å². The van der Waals surface area contributed by atoms with E-state index in [0.29, 0.717) is 0 Å². The van der Waals surface area contributed by atoms with Crippen LogP contribution in [-0.2, 0) is 0 Å². The highest BCUT2D eigenvalue weighted by Gasteiger charge is 2.32. The Hall–Kier alpha value is -2.15. The van der Waals surface area contributed by atoms with E-state index in [-0.39, 0.29) is 0 Å². The van der Waals surface area contributed by atoms with Crippen LogP contribution in [0.5, 0.6) is 0 Å². The van der Waals surface area contributed by atoms with Gasteiger partial charge in [0.15, 0.2) is 0 Å². The maximum Gasteiger partial charge on any atom is 0.0708 e. The lowest BCUT2D eigenvalue weighted by atomic mass is 9.66. The molecule has 2 aromatic carbocycles. The molecule has 4 aliphatic rings. The van der Waals surface area contributed by atoms with Gasteiger partial charge in [0.2, 0.25) is 0 Å². The van der Waals surface area contributed by atoms with E-state index >= 15 is 0 Å². The van der Waals surface area contributed by atoms with Crippen molar-refractivity contribution in [3.63, 3.8) is 0 Å². The van der Waals surface area contributed by atoms with Crippen molar-refractivity contribution in [1.82, 2.24) is 4.98 Å². The van der Waals surface area contributed by atoms with E-state index in [2.05, 4.69) is 48.7 Å². The minimum atomic E-state index is 0.747. The first-order valence-corrected chi connectivity index (χ1v) is 11.4. The highest BCUT2D eigenvalue weighted by molar-refractivity contribution is 5.87. The van der Waals surface area contributed by atoms with Crippen LogP contribution in [0.3, 0.4) is 0 Å². The van der Waals surface area contributed by atoms with Gasteiger partial charge in [-0.05, 0) is 96.6 Å². The molecule has 4 aliphatic carbocycles. The van der Waals surface area contributed by atoms with E-state index in [0.717, 1.165) is 23.4 Å². The van der Waals surface area contributed by atoms with Gasteiger partial charge in [0.25, 0.3) is 0 Å². The number of benzene rings is 2. The lowest BCUT2D eigenvalue weighted by Gasteiger charge is -2.38. The Bertz CT molecular complexity index is 1020. The molecule has 1 heterocycles. The SMILES string of the molecule is c1cc(-c2cc3cc4c(cc3cn2)C2CCC4CC2)cc(C2CCCCC2)c1. The van der Waals surface area contributed by atoms with Crippen LogP contribution in [0.15, 0.2) is 48.7 Å². The molecule has 142 valence electrons. The normalized spacial score (nSPS) is 24.4. The zero-order chi connectivity index (χ0) is 18.5. The molecule has 1 aromatic heterocycles. The van der Waals surface area contributed by atoms with Gasteiger partial charge in [-0.15, -0.1) is 0 Å². The van der Waals surface area contributed by atoms with Crippen LogP contribution < -0.4 is 0 Å². The standard InChI is InChI=1S/C27H29N/c1-2-5-18(6-3-1)21-7-4-8-22(13-21)27-16-23-14-25-19-9-11-20(12-10-19)26(25)15-24(23)17-28-27/h4,7-8,13-20H,1-3,5-6,9-12H2. The first kappa shape index (κ1) is 16.8. The summed E-state index contributed by atoms with van der Waals surface area (Å²) in [4.78, 5) is 4.87. The highest BCUT2D eigenvalue weighted by atomic mass is 14.7. The van der Waals surface area contributed by atoms with E-state index in [9.17, 15) is 0 Å². The van der Waals surface area contributed by atoms with Gasteiger partial charge in [-0.1, -0.05) is 43.5 Å². The second kappa shape index (κ2) is 6.72. The van der Waals surface area contributed by atoms with E-state index in [1.165, 1.54) is 79.7 Å². The van der Waals surface area contributed by atoms with Crippen molar-refractivity contribution in [3.05, 3.63) is 65.4 Å². The van der Waals surface area contributed by atoms with Gasteiger partial charge >= 0.3 is 0 Å². The monoisotopic (exact) mass is 367 g/mol. The molecule has 3 aromatic rings. The number of nitrogens with zero attached hydrogens (tertiary/aromatic N) is 1. The summed E-state index contributed by atoms with van der Waals surface area (Å²) in [7, 11) is 0. The number of aromatic nitrogens is 1. The summed E-state index contributed by atoms with van der Waals surface area (Å²) in [6.07, 6.45) is 14.6. The van der Waals surface area contributed by atoms with Crippen LogP contribution in [0.25, 0.3) is 22.0 Å². The topological polar surface area (TPSA) is 12.9 Å². The Morgan fingerprint density at radius 1 is 0.643 bits per heavy atom. The highest BCUT2D eigenvalue weighted by Crippen LogP contribution is 2.50. The maximum atomic E-state index is 4.87. The molecule has 28 heavy (non-hydrogen) atoms. The van der Waals surface area contributed by atoms with E-state index in [1.54, 1.807) is 11.1 Å². The fourth-order valence-corrected chi connectivity index (χ4v) is 6.20. The van der Waals surface area contributed by atoms with E-state index < -0.39 is 0 Å². The number of hydrogen-bond donors (Lipinski definition) is 0. The quantitative estimate of drug-likeness (QED) is 0.452.